The van der Waals surface area contributed by atoms with Crippen LogP contribution < -0.4 is 0 Å². The maximum Gasteiger partial charge on any atom is 0.164 e. The predicted octanol–water partition coefficient (Wildman–Crippen LogP) is 12.5. The first kappa shape index (κ1) is 28.0. The molecule has 2 aromatic heterocycles. The van der Waals surface area contributed by atoms with E-state index in [-0.39, 0.29) is 0 Å². The van der Waals surface area contributed by atoms with Crippen LogP contribution in [0.1, 0.15) is 0 Å². The standard InChI is InChI=1S/C47H27N3O/c1-2-12-30-24-33(23-20-28(30)10-1)45-48-46(50-47(49-45)40-25-31-13-4-6-15-35(31)36-16-7-8-17-37(36)40)38-18-9-19-42-44(38)41-27-39-32(26-43(41)51-42)22-21-29-11-3-5-14-34(29)39/h1-27H. The fraction of sp³-hybridized carbons (Fsp3) is 0. The molecule has 0 fully saturated rings. The predicted molar refractivity (Wildman–Crippen MR) is 211 cm³/mol. The summed E-state index contributed by atoms with van der Waals surface area (Å²) >= 11 is 0. The number of rotatable bonds is 3. The van der Waals surface area contributed by atoms with Crippen molar-refractivity contribution in [3.05, 3.63) is 164 Å². The van der Waals surface area contributed by atoms with E-state index in [9.17, 15) is 0 Å². The van der Waals surface area contributed by atoms with Gasteiger partial charge in [-0.2, -0.15) is 0 Å². The van der Waals surface area contributed by atoms with E-state index in [0.717, 1.165) is 60.2 Å². The maximum absolute atomic E-state index is 6.55. The normalized spacial score (nSPS) is 11.9. The molecule has 0 bridgehead atoms. The van der Waals surface area contributed by atoms with E-state index in [1.165, 1.54) is 32.3 Å². The number of aromatic nitrogens is 3. The van der Waals surface area contributed by atoms with Crippen molar-refractivity contribution in [1.82, 2.24) is 15.0 Å². The van der Waals surface area contributed by atoms with Gasteiger partial charge in [-0.25, -0.2) is 15.0 Å². The summed E-state index contributed by atoms with van der Waals surface area (Å²) in [6.07, 6.45) is 0. The Morgan fingerprint density at radius 3 is 1.76 bits per heavy atom. The number of fused-ring (bicyclic) bond motifs is 10. The molecule has 0 radical (unpaired) electrons. The monoisotopic (exact) mass is 649 g/mol. The third-order valence-corrected chi connectivity index (χ3v) is 10.3. The van der Waals surface area contributed by atoms with E-state index >= 15 is 0 Å². The molecular formula is C47H27N3O. The van der Waals surface area contributed by atoms with Crippen LogP contribution in [0.15, 0.2) is 168 Å². The second kappa shape index (κ2) is 10.8. The first-order valence-corrected chi connectivity index (χ1v) is 17.2. The van der Waals surface area contributed by atoms with Gasteiger partial charge < -0.3 is 4.42 Å². The summed E-state index contributed by atoms with van der Waals surface area (Å²) in [4.78, 5) is 15.8. The lowest BCUT2D eigenvalue weighted by Gasteiger charge is -2.13. The van der Waals surface area contributed by atoms with Gasteiger partial charge in [-0.05, 0) is 84.2 Å². The summed E-state index contributed by atoms with van der Waals surface area (Å²) in [6.45, 7) is 0. The van der Waals surface area contributed by atoms with E-state index in [1.54, 1.807) is 0 Å². The molecule has 4 nitrogen and oxygen atoms in total. The molecule has 0 saturated heterocycles. The minimum Gasteiger partial charge on any atom is -0.456 e. The van der Waals surface area contributed by atoms with Crippen molar-refractivity contribution < 1.29 is 4.42 Å². The largest absolute Gasteiger partial charge is 0.456 e. The molecule has 51 heavy (non-hydrogen) atoms. The molecule has 0 N–H and O–H groups in total. The molecule has 4 heteroatoms. The van der Waals surface area contributed by atoms with Gasteiger partial charge in [0.05, 0.1) is 0 Å². The Balaban J connectivity index is 1.22. The van der Waals surface area contributed by atoms with Gasteiger partial charge in [0.2, 0.25) is 0 Å². The summed E-state index contributed by atoms with van der Waals surface area (Å²) in [5.41, 5.74) is 4.45. The van der Waals surface area contributed by atoms with Crippen LogP contribution in [-0.2, 0) is 0 Å². The van der Waals surface area contributed by atoms with Crippen LogP contribution in [0.3, 0.4) is 0 Å². The first-order chi connectivity index (χ1) is 25.2. The van der Waals surface area contributed by atoms with E-state index in [2.05, 4.69) is 152 Å². The zero-order valence-corrected chi connectivity index (χ0v) is 27.3. The van der Waals surface area contributed by atoms with Gasteiger partial charge in [-0.15, -0.1) is 0 Å². The van der Waals surface area contributed by atoms with Gasteiger partial charge in [0.15, 0.2) is 17.5 Å². The van der Waals surface area contributed by atoms with Crippen LogP contribution in [0, 0.1) is 0 Å². The highest BCUT2D eigenvalue weighted by molar-refractivity contribution is 6.19. The summed E-state index contributed by atoms with van der Waals surface area (Å²) in [5.74, 6) is 1.86. The molecule has 0 unspecified atom stereocenters. The van der Waals surface area contributed by atoms with Gasteiger partial charge in [-0.3, -0.25) is 0 Å². The van der Waals surface area contributed by atoms with Gasteiger partial charge >= 0.3 is 0 Å². The molecule has 0 aliphatic rings. The third-order valence-electron chi connectivity index (χ3n) is 10.3. The number of hydrogen-bond acceptors (Lipinski definition) is 4. The van der Waals surface area contributed by atoms with Gasteiger partial charge in [0.1, 0.15) is 11.2 Å². The van der Waals surface area contributed by atoms with E-state index in [4.69, 9.17) is 19.4 Å². The molecular weight excluding hydrogens is 623 g/mol. The minimum absolute atomic E-state index is 0.603. The fourth-order valence-electron chi connectivity index (χ4n) is 7.83. The van der Waals surface area contributed by atoms with Gasteiger partial charge in [0.25, 0.3) is 0 Å². The quantitative estimate of drug-likeness (QED) is 0.179. The zero-order chi connectivity index (χ0) is 33.5. The Kier molecular flexibility index (Phi) is 5.92. The average molecular weight is 650 g/mol. The Morgan fingerprint density at radius 2 is 0.922 bits per heavy atom. The summed E-state index contributed by atoms with van der Waals surface area (Å²) in [6, 6.07) is 57.5. The van der Waals surface area contributed by atoms with Crippen molar-refractivity contribution in [1.29, 1.82) is 0 Å². The number of benzene rings is 9. The molecule has 2 heterocycles. The lowest BCUT2D eigenvalue weighted by molar-refractivity contribution is 0.669. The highest BCUT2D eigenvalue weighted by Gasteiger charge is 2.20. The van der Waals surface area contributed by atoms with Crippen molar-refractivity contribution >= 4 is 75.8 Å². The van der Waals surface area contributed by atoms with E-state index in [1.807, 2.05) is 12.1 Å². The molecule has 0 spiro atoms. The summed E-state index contributed by atoms with van der Waals surface area (Å²) < 4.78 is 6.55. The summed E-state index contributed by atoms with van der Waals surface area (Å²) in [5, 5.41) is 13.7. The van der Waals surface area contributed by atoms with Crippen LogP contribution in [0.2, 0.25) is 0 Å². The van der Waals surface area contributed by atoms with Crippen molar-refractivity contribution in [2.75, 3.05) is 0 Å². The molecule has 11 aromatic rings. The number of hydrogen-bond donors (Lipinski definition) is 0. The molecule has 0 saturated carbocycles. The van der Waals surface area contributed by atoms with Crippen LogP contribution in [-0.4, -0.2) is 15.0 Å². The van der Waals surface area contributed by atoms with Crippen molar-refractivity contribution in [2.24, 2.45) is 0 Å². The second-order valence-corrected chi connectivity index (χ2v) is 13.2. The van der Waals surface area contributed by atoms with Crippen LogP contribution >= 0.6 is 0 Å². The highest BCUT2D eigenvalue weighted by atomic mass is 16.3. The Labute approximate surface area is 292 Å². The molecule has 236 valence electrons. The minimum atomic E-state index is 0.603. The highest BCUT2D eigenvalue weighted by Crippen LogP contribution is 2.41. The molecule has 0 amide bonds. The Bertz CT molecular complexity index is 3210. The fourth-order valence-corrected chi connectivity index (χ4v) is 7.83. The van der Waals surface area contributed by atoms with Crippen LogP contribution in [0.5, 0.6) is 0 Å². The van der Waals surface area contributed by atoms with E-state index in [0.29, 0.717) is 17.5 Å². The molecule has 9 aromatic carbocycles. The van der Waals surface area contributed by atoms with Crippen molar-refractivity contribution in [3.8, 4) is 34.2 Å². The smallest absolute Gasteiger partial charge is 0.164 e. The lowest BCUT2D eigenvalue weighted by atomic mass is 9.96. The maximum atomic E-state index is 6.55. The zero-order valence-electron chi connectivity index (χ0n) is 27.3. The van der Waals surface area contributed by atoms with Crippen LogP contribution in [0.25, 0.3) is 110 Å². The van der Waals surface area contributed by atoms with Crippen molar-refractivity contribution in [3.63, 3.8) is 0 Å². The number of furan rings is 1. The molecule has 0 aliphatic heterocycles. The lowest BCUT2D eigenvalue weighted by Crippen LogP contribution is -2.01. The first-order valence-electron chi connectivity index (χ1n) is 17.2. The van der Waals surface area contributed by atoms with Gasteiger partial charge in [0, 0.05) is 27.5 Å². The molecule has 0 atom stereocenters. The Hall–Kier alpha value is -6.91. The molecule has 0 aliphatic carbocycles. The van der Waals surface area contributed by atoms with Crippen molar-refractivity contribution in [2.45, 2.75) is 0 Å². The second-order valence-electron chi connectivity index (χ2n) is 13.2. The SMILES string of the molecule is c1ccc2cc(-c3nc(-c4cc5ccccc5c5ccccc45)nc(-c4cccc5oc6cc7ccc8ccccc8c7cc6c45)n3)ccc2c1. The molecule has 11 rings (SSSR count). The number of nitrogens with zero attached hydrogens (tertiary/aromatic N) is 3. The van der Waals surface area contributed by atoms with Crippen LogP contribution in [0.4, 0.5) is 0 Å². The third kappa shape index (κ3) is 4.37. The topological polar surface area (TPSA) is 51.8 Å². The Morgan fingerprint density at radius 1 is 0.314 bits per heavy atom. The summed E-state index contributed by atoms with van der Waals surface area (Å²) in [7, 11) is 0. The average Bonchev–Trinajstić information content (AvgIpc) is 3.57. The van der Waals surface area contributed by atoms with E-state index < -0.39 is 0 Å². The van der Waals surface area contributed by atoms with Gasteiger partial charge in [-0.1, -0.05) is 133 Å².